The zero-order chi connectivity index (χ0) is 11.3. The van der Waals surface area contributed by atoms with Gasteiger partial charge >= 0.3 is 6.03 Å². The Morgan fingerprint density at radius 1 is 1.47 bits per heavy atom. The second kappa shape index (κ2) is 5.67. The molecule has 0 saturated carbocycles. The Bertz CT molecular complexity index is 244. The van der Waals surface area contributed by atoms with Crippen molar-refractivity contribution in [2.75, 3.05) is 26.2 Å². The van der Waals surface area contributed by atoms with Crippen LogP contribution < -0.4 is 16.8 Å². The lowest BCUT2D eigenvalue weighted by atomic mass is 9.98. The minimum absolute atomic E-state index is 0.222. The standard InChI is InChI=1S/C9H18N4O2/c10-4-7-2-1-3-13(5-7)6-8(14)12-9(11)15/h7H,1-6,10H2,(H3,11,12,14,15). The monoisotopic (exact) mass is 214 g/mol. The van der Waals surface area contributed by atoms with Crippen molar-refractivity contribution < 1.29 is 9.59 Å². The predicted molar refractivity (Wildman–Crippen MR) is 55.9 cm³/mol. The predicted octanol–water partition coefficient (Wildman–Crippen LogP) is -1.15. The highest BCUT2D eigenvalue weighted by molar-refractivity contribution is 5.94. The van der Waals surface area contributed by atoms with Gasteiger partial charge in [0.1, 0.15) is 0 Å². The molecule has 86 valence electrons. The van der Waals surface area contributed by atoms with E-state index in [0.717, 1.165) is 25.9 Å². The van der Waals surface area contributed by atoms with E-state index in [2.05, 4.69) is 0 Å². The number of amides is 3. The van der Waals surface area contributed by atoms with E-state index in [0.29, 0.717) is 12.5 Å². The van der Waals surface area contributed by atoms with E-state index in [1.807, 2.05) is 10.2 Å². The van der Waals surface area contributed by atoms with Gasteiger partial charge in [-0.1, -0.05) is 0 Å². The average Bonchev–Trinajstić information content (AvgIpc) is 2.16. The normalized spacial score (nSPS) is 22.3. The number of carbonyl (C=O) groups is 2. The number of piperidine rings is 1. The largest absolute Gasteiger partial charge is 0.351 e. The van der Waals surface area contributed by atoms with E-state index >= 15 is 0 Å². The molecule has 1 saturated heterocycles. The van der Waals surface area contributed by atoms with E-state index in [-0.39, 0.29) is 12.5 Å². The van der Waals surface area contributed by atoms with Crippen LogP contribution in [0.25, 0.3) is 0 Å². The van der Waals surface area contributed by atoms with Gasteiger partial charge in [-0.2, -0.15) is 0 Å². The smallest absolute Gasteiger partial charge is 0.318 e. The molecule has 1 rings (SSSR count). The summed E-state index contributed by atoms with van der Waals surface area (Å²) in [7, 11) is 0. The number of hydrogen-bond donors (Lipinski definition) is 3. The summed E-state index contributed by atoms with van der Waals surface area (Å²) >= 11 is 0. The number of nitrogens with zero attached hydrogens (tertiary/aromatic N) is 1. The summed E-state index contributed by atoms with van der Waals surface area (Å²) in [4.78, 5) is 23.7. The molecule has 0 aromatic carbocycles. The van der Waals surface area contributed by atoms with Crippen molar-refractivity contribution in [3.63, 3.8) is 0 Å². The summed E-state index contributed by atoms with van der Waals surface area (Å²) < 4.78 is 0. The number of carbonyl (C=O) groups excluding carboxylic acids is 2. The number of imide groups is 1. The van der Waals surface area contributed by atoms with E-state index < -0.39 is 6.03 Å². The van der Waals surface area contributed by atoms with Crippen molar-refractivity contribution in [1.82, 2.24) is 10.2 Å². The maximum Gasteiger partial charge on any atom is 0.318 e. The third kappa shape index (κ3) is 4.26. The molecule has 1 aliphatic rings. The molecule has 15 heavy (non-hydrogen) atoms. The number of rotatable bonds is 3. The van der Waals surface area contributed by atoms with Crippen molar-refractivity contribution >= 4 is 11.9 Å². The summed E-state index contributed by atoms with van der Waals surface area (Å²) in [6.45, 7) is 2.57. The Kier molecular flexibility index (Phi) is 4.51. The minimum atomic E-state index is -0.799. The van der Waals surface area contributed by atoms with Gasteiger partial charge in [0, 0.05) is 6.54 Å². The lowest BCUT2D eigenvalue weighted by molar-refractivity contribution is -0.121. The molecule has 3 amide bonds. The SMILES string of the molecule is NCC1CCCN(CC(=O)NC(N)=O)C1. The molecule has 1 atom stereocenters. The molecule has 1 unspecified atom stereocenters. The van der Waals surface area contributed by atoms with Crippen molar-refractivity contribution in [3.8, 4) is 0 Å². The summed E-state index contributed by atoms with van der Waals surface area (Å²) in [6.07, 6.45) is 2.16. The first-order valence-electron chi connectivity index (χ1n) is 5.13. The van der Waals surface area contributed by atoms with Crippen molar-refractivity contribution in [1.29, 1.82) is 0 Å². The van der Waals surface area contributed by atoms with Crippen LogP contribution in [0, 0.1) is 5.92 Å². The molecule has 1 heterocycles. The molecule has 6 nitrogen and oxygen atoms in total. The van der Waals surface area contributed by atoms with Crippen molar-refractivity contribution in [2.45, 2.75) is 12.8 Å². The van der Waals surface area contributed by atoms with Crippen LogP contribution in [0.2, 0.25) is 0 Å². The van der Waals surface area contributed by atoms with Gasteiger partial charge in [-0.3, -0.25) is 15.0 Å². The second-order valence-electron chi connectivity index (χ2n) is 3.89. The molecular weight excluding hydrogens is 196 g/mol. The summed E-state index contributed by atoms with van der Waals surface area (Å²) in [5.74, 6) is 0.111. The maximum atomic E-state index is 11.2. The Labute approximate surface area is 89.0 Å². The molecule has 0 aliphatic carbocycles. The molecule has 0 aromatic heterocycles. The highest BCUT2D eigenvalue weighted by atomic mass is 16.2. The lowest BCUT2D eigenvalue weighted by Crippen LogP contribution is -2.46. The number of nitrogens with one attached hydrogen (secondary N) is 1. The van der Waals surface area contributed by atoms with Gasteiger partial charge in [-0.15, -0.1) is 0 Å². The molecule has 5 N–H and O–H groups in total. The van der Waals surface area contributed by atoms with E-state index in [1.54, 1.807) is 0 Å². The zero-order valence-corrected chi connectivity index (χ0v) is 8.74. The highest BCUT2D eigenvalue weighted by Gasteiger charge is 2.20. The topological polar surface area (TPSA) is 101 Å². The lowest BCUT2D eigenvalue weighted by Gasteiger charge is -2.31. The van der Waals surface area contributed by atoms with Gasteiger partial charge in [-0.05, 0) is 31.8 Å². The molecule has 6 heteroatoms. The Balaban J connectivity index is 2.31. The van der Waals surface area contributed by atoms with Crippen molar-refractivity contribution in [3.05, 3.63) is 0 Å². The van der Waals surface area contributed by atoms with Crippen LogP contribution in [0.15, 0.2) is 0 Å². The third-order valence-electron chi connectivity index (χ3n) is 2.57. The first-order valence-corrected chi connectivity index (χ1v) is 5.13. The number of nitrogens with two attached hydrogens (primary N) is 2. The Hall–Kier alpha value is -1.14. The van der Waals surface area contributed by atoms with Crippen LogP contribution in [0.1, 0.15) is 12.8 Å². The number of urea groups is 1. The van der Waals surface area contributed by atoms with Gasteiger partial charge in [0.05, 0.1) is 6.54 Å². The molecule has 0 aromatic rings. The quantitative estimate of drug-likeness (QED) is 0.552. The average molecular weight is 214 g/mol. The fraction of sp³-hybridized carbons (Fsp3) is 0.778. The molecule has 1 aliphatic heterocycles. The third-order valence-corrected chi connectivity index (χ3v) is 2.57. The van der Waals surface area contributed by atoms with Gasteiger partial charge in [0.2, 0.25) is 5.91 Å². The number of likely N-dealkylation sites (tertiary alicyclic amines) is 1. The number of primary amides is 1. The maximum absolute atomic E-state index is 11.2. The van der Waals surface area contributed by atoms with Crippen molar-refractivity contribution in [2.24, 2.45) is 17.4 Å². The molecule has 0 bridgehead atoms. The fourth-order valence-corrected chi connectivity index (χ4v) is 1.87. The first-order chi connectivity index (χ1) is 7.11. The zero-order valence-electron chi connectivity index (χ0n) is 8.74. The van der Waals surface area contributed by atoms with E-state index in [1.165, 1.54) is 0 Å². The second-order valence-corrected chi connectivity index (χ2v) is 3.89. The van der Waals surface area contributed by atoms with Crippen LogP contribution in [0.5, 0.6) is 0 Å². The van der Waals surface area contributed by atoms with E-state index in [9.17, 15) is 9.59 Å². The number of hydrogen-bond acceptors (Lipinski definition) is 4. The Morgan fingerprint density at radius 3 is 2.80 bits per heavy atom. The van der Waals surface area contributed by atoms with E-state index in [4.69, 9.17) is 11.5 Å². The molecule has 0 spiro atoms. The van der Waals surface area contributed by atoms with Crippen LogP contribution >= 0.6 is 0 Å². The van der Waals surface area contributed by atoms with Gasteiger partial charge in [0.15, 0.2) is 0 Å². The summed E-state index contributed by atoms with van der Waals surface area (Å²) in [5, 5.41) is 2.05. The Morgan fingerprint density at radius 2 is 2.20 bits per heavy atom. The highest BCUT2D eigenvalue weighted by Crippen LogP contribution is 2.14. The van der Waals surface area contributed by atoms with Gasteiger partial charge in [0.25, 0.3) is 0 Å². The van der Waals surface area contributed by atoms with Crippen LogP contribution in [-0.2, 0) is 4.79 Å². The van der Waals surface area contributed by atoms with Crippen LogP contribution in [0.3, 0.4) is 0 Å². The van der Waals surface area contributed by atoms with Crippen LogP contribution in [0.4, 0.5) is 4.79 Å². The van der Waals surface area contributed by atoms with Gasteiger partial charge in [-0.25, -0.2) is 4.79 Å². The molecular formula is C9H18N4O2. The first kappa shape index (κ1) is 11.9. The van der Waals surface area contributed by atoms with Crippen LogP contribution in [-0.4, -0.2) is 43.0 Å². The summed E-state index contributed by atoms with van der Waals surface area (Å²) in [5.41, 5.74) is 10.4. The van der Waals surface area contributed by atoms with Gasteiger partial charge < -0.3 is 11.5 Å². The minimum Gasteiger partial charge on any atom is -0.351 e. The fourth-order valence-electron chi connectivity index (χ4n) is 1.87. The summed E-state index contributed by atoms with van der Waals surface area (Å²) in [6, 6.07) is -0.799. The molecule has 0 radical (unpaired) electrons. The molecule has 1 fully saturated rings.